The first kappa shape index (κ1) is 15.8. The van der Waals surface area contributed by atoms with E-state index in [0.29, 0.717) is 11.2 Å². The van der Waals surface area contributed by atoms with Crippen LogP contribution >= 0.6 is 11.8 Å². The van der Waals surface area contributed by atoms with Crippen molar-refractivity contribution in [2.75, 3.05) is 18.1 Å². The molecule has 0 unspecified atom stereocenters. The second-order valence-electron chi connectivity index (χ2n) is 4.95. The van der Waals surface area contributed by atoms with Crippen LogP contribution in [0.5, 0.6) is 0 Å². The van der Waals surface area contributed by atoms with Crippen LogP contribution in [-0.4, -0.2) is 54.4 Å². The predicted octanol–water partition coefficient (Wildman–Crippen LogP) is 1.10. The Morgan fingerprint density at radius 3 is 3.04 bits per heavy atom. The molecule has 1 fully saturated rings. The minimum absolute atomic E-state index is 0.165. The number of nitrogens with two attached hydrogens (primary N) is 1. The van der Waals surface area contributed by atoms with E-state index in [4.69, 9.17) is 16.0 Å². The van der Waals surface area contributed by atoms with Crippen LogP contribution in [0.4, 0.5) is 5.82 Å². The van der Waals surface area contributed by atoms with Crippen molar-refractivity contribution in [1.29, 1.82) is 0 Å². The van der Waals surface area contributed by atoms with Gasteiger partial charge in [0.15, 0.2) is 11.5 Å². The first-order valence-corrected chi connectivity index (χ1v) is 8.11. The van der Waals surface area contributed by atoms with Gasteiger partial charge in [-0.3, -0.25) is 4.57 Å². The largest absolute Gasteiger partial charge is 0.394 e. The molecule has 3 rings (SSSR count). The Balaban J connectivity index is 2.05. The molecule has 1 saturated heterocycles. The Bertz CT molecular complexity index is 746. The molecule has 1 aliphatic rings. The van der Waals surface area contributed by atoms with Gasteiger partial charge in [-0.2, -0.15) is 11.8 Å². The number of hydrogen-bond donors (Lipinski definition) is 2. The summed E-state index contributed by atoms with van der Waals surface area (Å²) in [4.78, 5) is 15.3. The first-order valence-electron chi connectivity index (χ1n) is 7.06. The molecule has 0 spiro atoms. The van der Waals surface area contributed by atoms with Gasteiger partial charge in [0.2, 0.25) is 0 Å². The van der Waals surface area contributed by atoms with Crippen LogP contribution in [-0.2, 0) is 4.74 Å². The highest BCUT2D eigenvalue weighted by molar-refractivity contribution is 7.99. The van der Waals surface area contributed by atoms with Crippen LogP contribution in [0.2, 0.25) is 0 Å². The normalized spacial score (nSPS) is 27.2. The third-order valence-electron chi connectivity index (χ3n) is 3.70. The molecular weight excluding hydrogens is 320 g/mol. The van der Waals surface area contributed by atoms with Crippen LogP contribution in [0.25, 0.3) is 21.6 Å². The van der Waals surface area contributed by atoms with E-state index in [-0.39, 0.29) is 17.7 Å². The first-order chi connectivity index (χ1) is 11.2. The van der Waals surface area contributed by atoms with Crippen molar-refractivity contribution < 1.29 is 9.84 Å². The van der Waals surface area contributed by atoms with Gasteiger partial charge in [0.1, 0.15) is 18.1 Å². The summed E-state index contributed by atoms with van der Waals surface area (Å²) in [6.45, 7) is 1.78. The lowest BCUT2D eigenvalue weighted by Crippen LogP contribution is -2.29. The molecule has 0 saturated carbocycles. The average molecular weight is 336 g/mol. The van der Waals surface area contributed by atoms with Crippen molar-refractivity contribution in [3.63, 3.8) is 0 Å². The SMILES string of the molecule is CCS[C@H]1[C@H](N=[N+]=[N-])[C@H](CO)O[C@@H]1n1cnc2c(N)ncnc21. The highest BCUT2D eigenvalue weighted by Gasteiger charge is 2.45. The number of imidazole rings is 1. The van der Waals surface area contributed by atoms with E-state index in [1.807, 2.05) is 6.92 Å². The number of azide groups is 1. The van der Waals surface area contributed by atoms with E-state index in [1.54, 1.807) is 22.7 Å². The highest BCUT2D eigenvalue weighted by atomic mass is 32.2. The molecule has 0 radical (unpaired) electrons. The molecule has 0 bridgehead atoms. The molecule has 0 amide bonds. The molecule has 122 valence electrons. The van der Waals surface area contributed by atoms with Gasteiger partial charge in [0, 0.05) is 4.91 Å². The Labute approximate surface area is 135 Å². The molecule has 0 aromatic carbocycles. The fourth-order valence-corrected chi connectivity index (χ4v) is 3.89. The number of fused-ring (bicyclic) bond motifs is 1. The fourth-order valence-electron chi connectivity index (χ4n) is 2.72. The monoisotopic (exact) mass is 336 g/mol. The van der Waals surface area contributed by atoms with Crippen molar-refractivity contribution in [2.24, 2.45) is 5.11 Å². The summed E-state index contributed by atoms with van der Waals surface area (Å²) >= 11 is 1.60. The summed E-state index contributed by atoms with van der Waals surface area (Å²) in [6, 6.07) is -0.475. The summed E-state index contributed by atoms with van der Waals surface area (Å²) < 4.78 is 7.67. The van der Waals surface area contributed by atoms with Gasteiger partial charge in [-0.25, -0.2) is 15.0 Å². The van der Waals surface area contributed by atoms with Gasteiger partial charge in [-0.05, 0) is 11.3 Å². The third kappa shape index (κ3) is 2.68. The van der Waals surface area contributed by atoms with E-state index in [0.717, 1.165) is 5.75 Å². The molecule has 2 aromatic rings. The zero-order valence-electron chi connectivity index (χ0n) is 12.3. The number of hydrogen-bond acceptors (Lipinski definition) is 8. The van der Waals surface area contributed by atoms with Crippen molar-refractivity contribution in [3.8, 4) is 0 Å². The maximum Gasteiger partial charge on any atom is 0.167 e. The second-order valence-corrected chi connectivity index (χ2v) is 6.40. The van der Waals surface area contributed by atoms with Gasteiger partial charge >= 0.3 is 0 Å². The lowest BCUT2D eigenvalue weighted by molar-refractivity contribution is -0.0223. The molecule has 10 nitrogen and oxygen atoms in total. The number of aromatic nitrogens is 4. The molecule has 2 aromatic heterocycles. The topological polar surface area (TPSA) is 148 Å². The molecule has 0 aliphatic carbocycles. The van der Waals surface area contributed by atoms with Gasteiger partial charge in [-0.1, -0.05) is 12.0 Å². The number of aliphatic hydroxyl groups is 1. The predicted molar refractivity (Wildman–Crippen MR) is 85.6 cm³/mol. The smallest absolute Gasteiger partial charge is 0.167 e. The maximum atomic E-state index is 9.53. The summed E-state index contributed by atoms with van der Waals surface area (Å²) in [5, 5.41) is 13.2. The van der Waals surface area contributed by atoms with Crippen molar-refractivity contribution in [3.05, 3.63) is 23.1 Å². The van der Waals surface area contributed by atoms with Gasteiger partial charge < -0.3 is 15.6 Å². The van der Waals surface area contributed by atoms with E-state index in [1.165, 1.54) is 6.33 Å². The van der Waals surface area contributed by atoms with E-state index in [9.17, 15) is 5.11 Å². The molecule has 3 N–H and O–H groups in total. The minimum Gasteiger partial charge on any atom is -0.394 e. The Morgan fingerprint density at radius 2 is 2.35 bits per heavy atom. The quantitative estimate of drug-likeness (QED) is 0.471. The number of nitrogen functional groups attached to an aromatic ring is 1. The lowest BCUT2D eigenvalue weighted by Gasteiger charge is -2.20. The van der Waals surface area contributed by atoms with Gasteiger partial charge in [-0.15, -0.1) is 0 Å². The van der Waals surface area contributed by atoms with E-state index >= 15 is 0 Å². The summed E-state index contributed by atoms with van der Waals surface area (Å²) in [6.07, 6.45) is 1.90. The fraction of sp³-hybridized carbons (Fsp3) is 0.583. The summed E-state index contributed by atoms with van der Waals surface area (Å²) in [5.74, 6) is 1.10. The molecule has 3 heterocycles. The van der Waals surface area contributed by atoms with Crippen molar-refractivity contribution >= 4 is 28.7 Å². The average Bonchev–Trinajstić information content (AvgIpc) is 3.11. The Kier molecular flexibility index (Phi) is 4.53. The molecule has 4 atom stereocenters. The van der Waals surface area contributed by atoms with Crippen LogP contribution < -0.4 is 5.73 Å². The molecule has 1 aliphatic heterocycles. The molecular formula is C12H16N8O2S. The zero-order chi connectivity index (χ0) is 16.4. The van der Waals surface area contributed by atoms with Crippen molar-refractivity contribution in [2.45, 2.75) is 30.5 Å². The van der Waals surface area contributed by atoms with E-state index in [2.05, 4.69) is 25.0 Å². The third-order valence-corrected chi connectivity index (χ3v) is 4.93. The summed E-state index contributed by atoms with van der Waals surface area (Å²) in [7, 11) is 0. The van der Waals surface area contributed by atoms with Gasteiger partial charge in [0.25, 0.3) is 0 Å². The molecule has 23 heavy (non-hydrogen) atoms. The zero-order valence-corrected chi connectivity index (χ0v) is 13.2. The van der Waals surface area contributed by atoms with E-state index < -0.39 is 18.4 Å². The number of nitrogens with zero attached hydrogens (tertiary/aromatic N) is 7. The van der Waals surface area contributed by atoms with Crippen LogP contribution in [0.15, 0.2) is 17.8 Å². The second kappa shape index (κ2) is 6.59. The van der Waals surface area contributed by atoms with Crippen molar-refractivity contribution in [1.82, 2.24) is 19.5 Å². The van der Waals surface area contributed by atoms with Crippen LogP contribution in [0, 0.1) is 0 Å². The Morgan fingerprint density at radius 1 is 1.52 bits per heavy atom. The number of rotatable bonds is 5. The number of ether oxygens (including phenoxy) is 1. The van der Waals surface area contributed by atoms with Gasteiger partial charge in [0.05, 0.1) is 30.3 Å². The number of anilines is 1. The highest BCUT2D eigenvalue weighted by Crippen LogP contribution is 2.40. The maximum absolute atomic E-state index is 9.53. The lowest BCUT2D eigenvalue weighted by atomic mass is 10.1. The number of aliphatic hydroxyl groups excluding tert-OH is 1. The molecule has 11 heteroatoms. The van der Waals surface area contributed by atoms with Crippen LogP contribution in [0.1, 0.15) is 13.2 Å². The Hall–Kier alpha value is -2.07. The minimum atomic E-state index is -0.573. The standard InChI is InChI=1S/C12H16N8O2S/c1-2-23-9-7(18-19-14)6(3-21)22-12(9)20-5-17-8-10(13)15-4-16-11(8)20/h4-7,9,12,21H,2-3H2,1H3,(H2,13,15,16)/t6-,7+,9-,12-/m0/s1. The summed E-state index contributed by atoms with van der Waals surface area (Å²) in [5.41, 5.74) is 15.7. The van der Waals surface area contributed by atoms with Crippen LogP contribution in [0.3, 0.4) is 0 Å². The number of thioether (sulfide) groups is 1.